The molecule has 1 amide bonds. The largest absolute Gasteiger partial charge is 0.494 e. The van der Waals surface area contributed by atoms with Crippen LogP contribution in [0.2, 0.25) is 0 Å². The number of carbonyl (C=O) groups excluding carboxylic acids is 1. The molecule has 0 saturated heterocycles. The highest BCUT2D eigenvalue weighted by Gasteiger charge is 2.23. The Labute approximate surface area is 178 Å². The van der Waals surface area contributed by atoms with Crippen molar-refractivity contribution in [3.63, 3.8) is 0 Å². The molecule has 0 bridgehead atoms. The summed E-state index contributed by atoms with van der Waals surface area (Å²) < 4.78 is 6.41. The molecule has 8 nitrogen and oxygen atoms in total. The SMILES string of the molecule is COc1ccc(C)c2sc(N(CCCN(C)C)C(=O)c3ccc([N+](=O)[O-])cc3)nc12. The number of nitro groups is 1. The first-order valence-electron chi connectivity index (χ1n) is 9.47. The number of hydrogen-bond donors (Lipinski definition) is 0. The average molecular weight is 429 g/mol. The fraction of sp³-hybridized carbons (Fsp3) is 0.333. The van der Waals surface area contributed by atoms with Crippen molar-refractivity contribution in [3.8, 4) is 5.75 Å². The standard InChI is InChI=1S/C21H24N4O4S/c1-14-6-11-17(29-4)18-19(14)30-21(22-18)24(13-5-12-23(2)3)20(26)15-7-9-16(10-8-15)25(27)28/h6-11H,5,12-13H2,1-4H3. The molecule has 0 unspecified atom stereocenters. The van der Waals surface area contributed by atoms with Gasteiger partial charge >= 0.3 is 0 Å². The van der Waals surface area contributed by atoms with Gasteiger partial charge in [0.15, 0.2) is 5.13 Å². The fourth-order valence-electron chi connectivity index (χ4n) is 3.09. The molecule has 9 heteroatoms. The summed E-state index contributed by atoms with van der Waals surface area (Å²) in [5.41, 5.74) is 2.12. The number of fused-ring (bicyclic) bond motifs is 1. The number of hydrogen-bond acceptors (Lipinski definition) is 7. The van der Waals surface area contributed by atoms with Crippen LogP contribution in [0.4, 0.5) is 10.8 Å². The topological polar surface area (TPSA) is 88.8 Å². The molecule has 2 aromatic carbocycles. The quantitative estimate of drug-likeness (QED) is 0.396. The van der Waals surface area contributed by atoms with Gasteiger partial charge in [0, 0.05) is 24.2 Å². The molecule has 0 aliphatic heterocycles. The van der Waals surface area contributed by atoms with E-state index >= 15 is 0 Å². The van der Waals surface area contributed by atoms with Crippen LogP contribution in [0.3, 0.4) is 0 Å². The van der Waals surface area contributed by atoms with Gasteiger partial charge in [0.2, 0.25) is 0 Å². The Morgan fingerprint density at radius 3 is 2.47 bits per heavy atom. The number of benzene rings is 2. The minimum atomic E-state index is -0.480. The number of nitro benzene ring substituents is 1. The lowest BCUT2D eigenvalue weighted by Gasteiger charge is -2.21. The van der Waals surface area contributed by atoms with Crippen LogP contribution in [-0.4, -0.2) is 55.0 Å². The highest BCUT2D eigenvalue weighted by Crippen LogP contribution is 2.37. The molecule has 0 N–H and O–H groups in total. The van der Waals surface area contributed by atoms with Crippen LogP contribution in [0.5, 0.6) is 5.75 Å². The second-order valence-corrected chi connectivity index (χ2v) is 8.15. The maximum Gasteiger partial charge on any atom is 0.269 e. The monoisotopic (exact) mass is 428 g/mol. The lowest BCUT2D eigenvalue weighted by atomic mass is 10.2. The first-order chi connectivity index (χ1) is 14.3. The minimum absolute atomic E-state index is 0.0499. The zero-order valence-corrected chi connectivity index (χ0v) is 18.2. The zero-order chi connectivity index (χ0) is 21.8. The molecule has 1 aromatic heterocycles. The number of ether oxygens (including phenoxy) is 1. The lowest BCUT2D eigenvalue weighted by Crippen LogP contribution is -2.33. The third-order valence-corrected chi connectivity index (χ3v) is 5.91. The van der Waals surface area contributed by atoms with E-state index in [1.165, 1.54) is 35.6 Å². The number of methoxy groups -OCH3 is 1. The second-order valence-electron chi connectivity index (χ2n) is 7.18. The minimum Gasteiger partial charge on any atom is -0.494 e. The maximum absolute atomic E-state index is 13.3. The van der Waals surface area contributed by atoms with Crippen molar-refractivity contribution < 1.29 is 14.5 Å². The molecule has 0 aliphatic carbocycles. The third-order valence-electron chi connectivity index (χ3n) is 4.70. The van der Waals surface area contributed by atoms with Gasteiger partial charge in [-0.1, -0.05) is 17.4 Å². The van der Waals surface area contributed by atoms with Crippen LogP contribution in [0.15, 0.2) is 36.4 Å². The highest BCUT2D eigenvalue weighted by molar-refractivity contribution is 7.22. The van der Waals surface area contributed by atoms with Gasteiger partial charge in [-0.3, -0.25) is 19.8 Å². The van der Waals surface area contributed by atoms with Gasteiger partial charge in [-0.05, 0) is 57.7 Å². The summed E-state index contributed by atoms with van der Waals surface area (Å²) in [5.74, 6) is 0.424. The Morgan fingerprint density at radius 2 is 1.87 bits per heavy atom. The molecule has 0 aliphatic rings. The Bertz CT molecular complexity index is 1060. The molecular weight excluding hydrogens is 404 g/mol. The lowest BCUT2D eigenvalue weighted by molar-refractivity contribution is -0.384. The van der Waals surface area contributed by atoms with E-state index < -0.39 is 4.92 Å². The Balaban J connectivity index is 1.99. The number of amides is 1. The van der Waals surface area contributed by atoms with Crippen molar-refractivity contribution in [3.05, 3.63) is 57.6 Å². The molecule has 3 aromatic rings. The van der Waals surface area contributed by atoms with Crippen LogP contribution in [0.25, 0.3) is 10.2 Å². The van der Waals surface area contributed by atoms with Crippen molar-refractivity contribution in [1.29, 1.82) is 0 Å². The number of nitrogens with zero attached hydrogens (tertiary/aromatic N) is 4. The molecule has 158 valence electrons. The molecule has 0 radical (unpaired) electrons. The molecule has 0 saturated carbocycles. The number of aromatic nitrogens is 1. The second kappa shape index (κ2) is 9.19. The number of thiazole rings is 1. The van der Waals surface area contributed by atoms with Gasteiger partial charge in [-0.2, -0.15) is 0 Å². The van der Waals surface area contributed by atoms with Crippen molar-refractivity contribution in [2.45, 2.75) is 13.3 Å². The maximum atomic E-state index is 13.3. The number of aryl methyl sites for hydroxylation is 1. The van der Waals surface area contributed by atoms with Crippen molar-refractivity contribution >= 4 is 38.3 Å². The van der Waals surface area contributed by atoms with Crippen molar-refractivity contribution in [2.24, 2.45) is 0 Å². The van der Waals surface area contributed by atoms with Gasteiger partial charge in [-0.25, -0.2) is 4.98 Å². The molecule has 0 spiro atoms. The molecule has 30 heavy (non-hydrogen) atoms. The summed E-state index contributed by atoms with van der Waals surface area (Å²) in [5, 5.41) is 11.5. The fourth-order valence-corrected chi connectivity index (χ4v) is 4.17. The summed E-state index contributed by atoms with van der Waals surface area (Å²) >= 11 is 1.44. The van der Waals surface area contributed by atoms with Gasteiger partial charge in [-0.15, -0.1) is 0 Å². The van der Waals surface area contributed by atoms with E-state index in [4.69, 9.17) is 9.72 Å². The van der Waals surface area contributed by atoms with Gasteiger partial charge in [0.1, 0.15) is 11.3 Å². The van der Waals surface area contributed by atoms with E-state index in [-0.39, 0.29) is 11.6 Å². The summed E-state index contributed by atoms with van der Waals surface area (Å²) in [6.07, 6.45) is 0.762. The Morgan fingerprint density at radius 1 is 1.17 bits per heavy atom. The predicted molar refractivity (Wildman–Crippen MR) is 119 cm³/mol. The first-order valence-corrected chi connectivity index (χ1v) is 10.3. The number of carbonyl (C=O) groups is 1. The zero-order valence-electron chi connectivity index (χ0n) is 17.4. The van der Waals surface area contributed by atoms with E-state index in [0.29, 0.717) is 23.0 Å². The summed E-state index contributed by atoms with van der Waals surface area (Å²) in [7, 11) is 5.56. The highest BCUT2D eigenvalue weighted by atomic mass is 32.1. The van der Waals surface area contributed by atoms with E-state index in [1.807, 2.05) is 33.2 Å². The van der Waals surface area contributed by atoms with Crippen molar-refractivity contribution in [2.75, 3.05) is 39.2 Å². The number of non-ortho nitro benzene ring substituents is 1. The van der Waals surface area contributed by atoms with Gasteiger partial charge in [0.05, 0.1) is 16.7 Å². The Kier molecular flexibility index (Phi) is 6.63. The van der Waals surface area contributed by atoms with Gasteiger partial charge in [0.25, 0.3) is 11.6 Å². The van der Waals surface area contributed by atoms with E-state index in [1.54, 1.807) is 12.0 Å². The van der Waals surface area contributed by atoms with Crippen LogP contribution in [0.1, 0.15) is 22.3 Å². The van der Waals surface area contributed by atoms with Crippen LogP contribution in [-0.2, 0) is 0 Å². The van der Waals surface area contributed by atoms with Crippen molar-refractivity contribution in [1.82, 2.24) is 9.88 Å². The van der Waals surface area contributed by atoms with E-state index in [2.05, 4.69) is 4.90 Å². The predicted octanol–water partition coefficient (Wildman–Crippen LogP) is 4.12. The normalized spacial score (nSPS) is 11.1. The van der Waals surface area contributed by atoms with Crippen LogP contribution < -0.4 is 9.64 Å². The molecule has 3 rings (SSSR count). The summed E-state index contributed by atoms with van der Waals surface area (Å²) in [4.78, 5) is 32.1. The van der Waals surface area contributed by atoms with E-state index in [9.17, 15) is 14.9 Å². The molecular formula is C21H24N4O4S. The van der Waals surface area contributed by atoms with Crippen LogP contribution >= 0.6 is 11.3 Å². The van der Waals surface area contributed by atoms with Gasteiger partial charge < -0.3 is 9.64 Å². The third kappa shape index (κ3) is 4.58. The molecule has 0 atom stereocenters. The number of rotatable bonds is 8. The Hall–Kier alpha value is -3.04. The van der Waals surface area contributed by atoms with E-state index in [0.717, 1.165) is 28.7 Å². The smallest absolute Gasteiger partial charge is 0.269 e. The number of anilines is 1. The molecule has 1 heterocycles. The summed E-state index contributed by atoms with van der Waals surface area (Å²) in [6.45, 7) is 3.30. The summed E-state index contributed by atoms with van der Waals surface area (Å²) in [6, 6.07) is 9.50. The molecule has 0 fully saturated rings. The average Bonchev–Trinajstić information content (AvgIpc) is 3.17. The first kappa shape index (κ1) is 21.7. The van der Waals surface area contributed by atoms with Crippen LogP contribution in [0, 0.1) is 17.0 Å².